The minimum Gasteiger partial charge on any atom is -0.383 e. The van der Waals surface area contributed by atoms with Gasteiger partial charge in [-0.1, -0.05) is 49.0 Å². The molecule has 0 fully saturated rings. The molecule has 24 heavy (non-hydrogen) atoms. The average molecular weight is 348 g/mol. The third kappa shape index (κ3) is 4.82. The Hall–Kier alpha value is -1.86. The molecule has 1 heterocycles. The number of carbonyl (C=O) groups excluding carboxylic acids is 1. The van der Waals surface area contributed by atoms with Crippen molar-refractivity contribution in [3.8, 4) is 11.4 Å². The number of benzene rings is 1. The van der Waals surface area contributed by atoms with Gasteiger partial charge in [-0.25, -0.2) is 0 Å². The molecule has 1 aromatic heterocycles. The summed E-state index contributed by atoms with van der Waals surface area (Å²) in [6.07, 6.45) is 0.964. The molecule has 130 valence electrons. The summed E-state index contributed by atoms with van der Waals surface area (Å²) in [4.78, 5) is 11.9. The molecule has 0 aliphatic rings. The molecule has 6 nitrogen and oxygen atoms in total. The molecule has 1 N–H and O–H groups in total. The van der Waals surface area contributed by atoms with Crippen LogP contribution < -0.4 is 5.32 Å². The SMILES string of the molecule is CCC(C)n1c(SCC(=O)NCCOC)nnc1-c1ccccc1. The maximum atomic E-state index is 11.9. The van der Waals surface area contributed by atoms with Crippen molar-refractivity contribution in [1.29, 1.82) is 0 Å². The van der Waals surface area contributed by atoms with E-state index < -0.39 is 0 Å². The van der Waals surface area contributed by atoms with Crippen LogP contribution in [0.1, 0.15) is 26.3 Å². The van der Waals surface area contributed by atoms with Gasteiger partial charge >= 0.3 is 0 Å². The fourth-order valence-corrected chi connectivity index (χ4v) is 3.08. The highest BCUT2D eigenvalue weighted by atomic mass is 32.2. The van der Waals surface area contributed by atoms with Crippen LogP contribution in [0.15, 0.2) is 35.5 Å². The van der Waals surface area contributed by atoms with E-state index >= 15 is 0 Å². The smallest absolute Gasteiger partial charge is 0.230 e. The van der Waals surface area contributed by atoms with E-state index in [2.05, 4.69) is 33.9 Å². The van der Waals surface area contributed by atoms with Gasteiger partial charge in [-0.2, -0.15) is 0 Å². The first-order valence-corrected chi connectivity index (χ1v) is 9.04. The van der Waals surface area contributed by atoms with Crippen molar-refractivity contribution < 1.29 is 9.53 Å². The quantitative estimate of drug-likeness (QED) is 0.557. The fourth-order valence-electron chi connectivity index (χ4n) is 2.21. The predicted octanol–water partition coefficient (Wildman–Crippen LogP) is 2.77. The Balaban J connectivity index is 2.12. The van der Waals surface area contributed by atoms with Gasteiger partial charge in [0.2, 0.25) is 5.91 Å². The first-order chi connectivity index (χ1) is 11.7. The van der Waals surface area contributed by atoms with Crippen molar-refractivity contribution in [3.63, 3.8) is 0 Å². The van der Waals surface area contributed by atoms with Gasteiger partial charge in [0, 0.05) is 25.3 Å². The molecule has 0 aliphatic carbocycles. The summed E-state index contributed by atoms with van der Waals surface area (Å²) in [5, 5.41) is 12.2. The van der Waals surface area contributed by atoms with Gasteiger partial charge in [0.15, 0.2) is 11.0 Å². The predicted molar refractivity (Wildman–Crippen MR) is 96.1 cm³/mol. The molecule has 0 radical (unpaired) electrons. The summed E-state index contributed by atoms with van der Waals surface area (Å²) < 4.78 is 7.04. The van der Waals surface area contributed by atoms with Crippen molar-refractivity contribution in [2.45, 2.75) is 31.5 Å². The number of nitrogens with one attached hydrogen (secondary N) is 1. The van der Waals surface area contributed by atoms with Gasteiger partial charge in [-0.15, -0.1) is 10.2 Å². The molecule has 0 bridgehead atoms. The highest BCUT2D eigenvalue weighted by Gasteiger charge is 2.18. The second-order valence-corrected chi connectivity index (χ2v) is 6.37. The van der Waals surface area contributed by atoms with Crippen LogP contribution in [0.25, 0.3) is 11.4 Å². The summed E-state index contributed by atoms with van der Waals surface area (Å²) >= 11 is 1.41. The summed E-state index contributed by atoms with van der Waals surface area (Å²) in [6.45, 7) is 5.30. The van der Waals surface area contributed by atoms with Gasteiger partial charge in [0.05, 0.1) is 12.4 Å². The van der Waals surface area contributed by atoms with Crippen LogP contribution in [0, 0.1) is 0 Å². The Morgan fingerprint density at radius 3 is 2.75 bits per heavy atom. The van der Waals surface area contributed by atoms with Crippen molar-refractivity contribution >= 4 is 17.7 Å². The third-order valence-corrected chi connectivity index (χ3v) is 4.63. The zero-order valence-corrected chi connectivity index (χ0v) is 15.2. The Morgan fingerprint density at radius 2 is 2.08 bits per heavy atom. The number of rotatable bonds is 9. The molecule has 0 aliphatic heterocycles. The first kappa shape index (κ1) is 18.5. The molecule has 0 spiro atoms. The lowest BCUT2D eigenvalue weighted by atomic mass is 10.2. The number of ether oxygens (including phenoxy) is 1. The van der Waals surface area contributed by atoms with Crippen molar-refractivity contribution in [2.24, 2.45) is 0 Å². The minimum atomic E-state index is -0.0305. The summed E-state index contributed by atoms with van der Waals surface area (Å²) in [5.41, 5.74) is 1.03. The van der Waals surface area contributed by atoms with Crippen molar-refractivity contribution in [3.05, 3.63) is 30.3 Å². The minimum absolute atomic E-state index is 0.0305. The molecule has 1 aromatic carbocycles. The number of hydrogen-bond donors (Lipinski definition) is 1. The van der Waals surface area contributed by atoms with Gasteiger partial charge in [-0.3, -0.25) is 9.36 Å². The van der Waals surface area contributed by atoms with E-state index in [1.54, 1.807) is 7.11 Å². The number of amides is 1. The van der Waals surface area contributed by atoms with E-state index in [0.29, 0.717) is 18.9 Å². The molecule has 0 saturated heterocycles. The summed E-state index contributed by atoms with van der Waals surface area (Å²) in [5.74, 6) is 1.12. The topological polar surface area (TPSA) is 69.0 Å². The average Bonchev–Trinajstić information content (AvgIpc) is 3.04. The van der Waals surface area contributed by atoms with E-state index in [9.17, 15) is 4.79 Å². The van der Waals surface area contributed by atoms with Crippen molar-refractivity contribution in [2.75, 3.05) is 26.0 Å². The third-order valence-electron chi connectivity index (χ3n) is 3.69. The van der Waals surface area contributed by atoms with Crippen LogP contribution >= 0.6 is 11.8 Å². The number of aromatic nitrogens is 3. The second-order valence-electron chi connectivity index (χ2n) is 5.43. The standard InChI is InChI=1S/C17H24N4O2S/c1-4-13(2)21-16(14-8-6-5-7-9-14)19-20-17(21)24-12-15(22)18-10-11-23-3/h5-9,13H,4,10-12H2,1-3H3,(H,18,22). The number of carbonyl (C=O) groups is 1. The summed E-state index contributed by atoms with van der Waals surface area (Å²) in [6, 6.07) is 10.3. The number of nitrogens with zero attached hydrogens (tertiary/aromatic N) is 3. The number of methoxy groups -OCH3 is 1. The van der Waals surface area contributed by atoms with Crippen LogP contribution in [-0.2, 0) is 9.53 Å². The largest absolute Gasteiger partial charge is 0.383 e. The lowest BCUT2D eigenvalue weighted by Gasteiger charge is -2.16. The van der Waals surface area contributed by atoms with Gasteiger partial charge in [0.1, 0.15) is 0 Å². The molecule has 7 heteroatoms. The van der Waals surface area contributed by atoms with E-state index in [-0.39, 0.29) is 11.9 Å². The molecule has 2 rings (SSSR count). The second kappa shape index (κ2) is 9.44. The Morgan fingerprint density at radius 1 is 1.33 bits per heavy atom. The first-order valence-electron chi connectivity index (χ1n) is 8.06. The van der Waals surface area contributed by atoms with Crippen LogP contribution in [0.4, 0.5) is 0 Å². The summed E-state index contributed by atoms with van der Waals surface area (Å²) in [7, 11) is 1.61. The molecular formula is C17H24N4O2S. The molecule has 2 aromatic rings. The van der Waals surface area contributed by atoms with E-state index in [1.165, 1.54) is 11.8 Å². The highest BCUT2D eigenvalue weighted by Crippen LogP contribution is 2.28. The molecule has 0 saturated carbocycles. The van der Waals surface area contributed by atoms with E-state index in [4.69, 9.17) is 4.74 Å². The Labute approximate surface area is 147 Å². The molecule has 1 atom stereocenters. The zero-order chi connectivity index (χ0) is 17.4. The van der Waals surface area contributed by atoms with E-state index in [1.807, 2.05) is 30.3 Å². The molecule has 1 unspecified atom stereocenters. The zero-order valence-electron chi connectivity index (χ0n) is 14.4. The fraction of sp³-hybridized carbons (Fsp3) is 0.471. The number of thioether (sulfide) groups is 1. The molecular weight excluding hydrogens is 324 g/mol. The monoisotopic (exact) mass is 348 g/mol. The molecule has 1 amide bonds. The van der Waals surface area contributed by atoms with Gasteiger partial charge in [-0.05, 0) is 13.3 Å². The lowest BCUT2D eigenvalue weighted by Crippen LogP contribution is -2.28. The number of hydrogen-bond acceptors (Lipinski definition) is 5. The van der Waals surface area contributed by atoms with Crippen molar-refractivity contribution in [1.82, 2.24) is 20.1 Å². The van der Waals surface area contributed by atoms with E-state index in [0.717, 1.165) is 23.0 Å². The van der Waals surface area contributed by atoms with Crippen LogP contribution in [0.2, 0.25) is 0 Å². The van der Waals surface area contributed by atoms with Gasteiger partial charge < -0.3 is 10.1 Å². The van der Waals surface area contributed by atoms with Crippen LogP contribution in [-0.4, -0.2) is 46.7 Å². The van der Waals surface area contributed by atoms with Crippen LogP contribution in [0.5, 0.6) is 0 Å². The maximum absolute atomic E-state index is 11.9. The van der Waals surface area contributed by atoms with Gasteiger partial charge in [0.25, 0.3) is 0 Å². The van der Waals surface area contributed by atoms with Crippen LogP contribution in [0.3, 0.4) is 0 Å². The maximum Gasteiger partial charge on any atom is 0.230 e. The highest BCUT2D eigenvalue weighted by molar-refractivity contribution is 7.99. The Kier molecular flexibility index (Phi) is 7.27. The lowest BCUT2D eigenvalue weighted by molar-refractivity contribution is -0.118. The Bertz CT molecular complexity index is 645. The normalized spacial score (nSPS) is 12.1.